The number of benzene rings is 2. The second-order valence-corrected chi connectivity index (χ2v) is 8.15. The largest absolute Gasteiger partial charge is 0.497 e. The number of carbonyl (C=O) groups is 1. The molecule has 2 aromatic carbocycles. The van der Waals surface area contributed by atoms with Crippen LogP contribution < -0.4 is 14.5 Å². The summed E-state index contributed by atoms with van der Waals surface area (Å²) in [7, 11) is 5.74. The van der Waals surface area contributed by atoms with Gasteiger partial charge in [-0.2, -0.15) is 0 Å². The van der Waals surface area contributed by atoms with Gasteiger partial charge >= 0.3 is 0 Å². The van der Waals surface area contributed by atoms with Gasteiger partial charge < -0.3 is 9.64 Å². The molecule has 0 bridgehead atoms. The summed E-state index contributed by atoms with van der Waals surface area (Å²) >= 11 is 7.68. The summed E-state index contributed by atoms with van der Waals surface area (Å²) in [6.07, 6.45) is 0. The third-order valence-corrected chi connectivity index (χ3v) is 5.53. The highest BCUT2D eigenvalue weighted by Crippen LogP contribution is 2.33. The molecule has 1 aromatic heterocycles. The normalized spacial score (nSPS) is 11.2. The van der Waals surface area contributed by atoms with E-state index in [1.807, 2.05) is 19.1 Å². The van der Waals surface area contributed by atoms with Crippen molar-refractivity contribution in [3.8, 4) is 5.75 Å². The highest BCUT2D eigenvalue weighted by molar-refractivity contribution is 7.22. The van der Waals surface area contributed by atoms with Gasteiger partial charge in [0.2, 0.25) is 0 Å². The Morgan fingerprint density at radius 3 is 2.59 bits per heavy atom. The van der Waals surface area contributed by atoms with Crippen molar-refractivity contribution in [2.24, 2.45) is 0 Å². The zero-order chi connectivity index (χ0) is 19.6. The van der Waals surface area contributed by atoms with Crippen LogP contribution >= 0.6 is 22.9 Å². The van der Waals surface area contributed by atoms with Gasteiger partial charge in [0.1, 0.15) is 5.75 Å². The lowest BCUT2D eigenvalue weighted by Crippen LogP contribution is -3.06. The number of hydrogen-bond donors (Lipinski definition) is 1. The predicted molar refractivity (Wildman–Crippen MR) is 112 cm³/mol. The van der Waals surface area contributed by atoms with Crippen LogP contribution in [-0.2, 0) is 0 Å². The number of aromatic nitrogens is 1. The number of carbonyl (C=O) groups excluding carboxylic acids is 1. The summed E-state index contributed by atoms with van der Waals surface area (Å²) in [6.45, 7) is 3.38. The first-order valence-corrected chi connectivity index (χ1v) is 9.90. The van der Waals surface area contributed by atoms with Gasteiger partial charge in [0.05, 0.1) is 44.5 Å². The Hall–Kier alpha value is -2.15. The van der Waals surface area contributed by atoms with Gasteiger partial charge in [-0.3, -0.25) is 9.69 Å². The van der Waals surface area contributed by atoms with Crippen molar-refractivity contribution in [1.82, 2.24) is 4.98 Å². The minimum atomic E-state index is -0.0679. The standard InChI is InChI=1S/C20H22ClN3O2S/c1-13-11-15(21)12-17-18(13)22-20(27-17)24(10-9-23(2)3)19(25)14-5-7-16(26-4)8-6-14/h5-8,11-12H,9-10H2,1-4H3/p+1. The first kappa shape index (κ1) is 19.6. The van der Waals surface area contributed by atoms with Crippen molar-refractivity contribution in [3.63, 3.8) is 0 Å². The van der Waals surface area contributed by atoms with Crippen LogP contribution in [0.2, 0.25) is 5.02 Å². The molecule has 0 radical (unpaired) electrons. The number of thiazole rings is 1. The maximum atomic E-state index is 13.2. The van der Waals surface area contributed by atoms with E-state index in [4.69, 9.17) is 21.3 Å². The lowest BCUT2D eigenvalue weighted by Gasteiger charge is -2.20. The molecular formula is C20H23ClN3O2S+. The number of nitrogens with one attached hydrogen (secondary N) is 1. The summed E-state index contributed by atoms with van der Waals surface area (Å²) in [4.78, 5) is 21.0. The second kappa shape index (κ2) is 8.25. The Morgan fingerprint density at radius 1 is 1.26 bits per heavy atom. The number of likely N-dealkylation sites (N-methyl/N-ethyl adjacent to an activating group) is 1. The van der Waals surface area contributed by atoms with Crippen molar-refractivity contribution in [3.05, 3.63) is 52.5 Å². The molecule has 0 spiro atoms. The summed E-state index contributed by atoms with van der Waals surface area (Å²) in [5.74, 6) is 0.655. The summed E-state index contributed by atoms with van der Waals surface area (Å²) < 4.78 is 6.17. The Bertz CT molecular complexity index is 954. The molecule has 142 valence electrons. The molecule has 1 N–H and O–H groups in total. The quantitative estimate of drug-likeness (QED) is 0.686. The van der Waals surface area contributed by atoms with Crippen LogP contribution in [0.15, 0.2) is 36.4 Å². The second-order valence-electron chi connectivity index (χ2n) is 6.71. The molecule has 5 nitrogen and oxygen atoms in total. The van der Waals surface area contributed by atoms with E-state index < -0.39 is 0 Å². The summed E-state index contributed by atoms with van der Waals surface area (Å²) in [6, 6.07) is 11.0. The average Bonchev–Trinajstić information content (AvgIpc) is 3.05. The number of amides is 1. The van der Waals surface area contributed by atoms with Crippen LogP contribution in [-0.4, -0.2) is 45.2 Å². The van der Waals surface area contributed by atoms with Crippen LogP contribution in [0.4, 0.5) is 5.13 Å². The van der Waals surface area contributed by atoms with Gasteiger partial charge in [-0.05, 0) is 48.9 Å². The number of anilines is 1. The van der Waals surface area contributed by atoms with E-state index in [9.17, 15) is 4.79 Å². The SMILES string of the molecule is COc1ccc(C(=O)N(CC[NH+](C)C)c2nc3c(C)cc(Cl)cc3s2)cc1. The lowest BCUT2D eigenvalue weighted by molar-refractivity contribution is -0.856. The molecule has 0 atom stereocenters. The van der Waals surface area contributed by atoms with E-state index >= 15 is 0 Å². The summed E-state index contributed by atoms with van der Waals surface area (Å²) in [5.41, 5.74) is 2.51. The highest BCUT2D eigenvalue weighted by Gasteiger charge is 2.22. The van der Waals surface area contributed by atoms with E-state index in [1.54, 1.807) is 36.3 Å². The number of nitrogens with zero attached hydrogens (tertiary/aromatic N) is 2. The zero-order valence-corrected chi connectivity index (χ0v) is 17.4. The van der Waals surface area contributed by atoms with E-state index in [-0.39, 0.29) is 5.91 Å². The first-order chi connectivity index (χ1) is 12.9. The van der Waals surface area contributed by atoms with Gasteiger partial charge in [-0.1, -0.05) is 22.9 Å². The number of ether oxygens (including phenoxy) is 1. The molecule has 1 heterocycles. The van der Waals surface area contributed by atoms with Crippen LogP contribution in [0.25, 0.3) is 10.2 Å². The first-order valence-electron chi connectivity index (χ1n) is 8.70. The van der Waals surface area contributed by atoms with E-state index in [2.05, 4.69) is 14.1 Å². The molecule has 1 amide bonds. The molecule has 0 aliphatic heterocycles. The molecule has 0 saturated carbocycles. The lowest BCUT2D eigenvalue weighted by atomic mass is 10.2. The maximum Gasteiger partial charge on any atom is 0.260 e. The van der Waals surface area contributed by atoms with Crippen molar-refractivity contribution in [2.75, 3.05) is 39.2 Å². The van der Waals surface area contributed by atoms with E-state index in [0.717, 1.165) is 28.1 Å². The van der Waals surface area contributed by atoms with Crippen LogP contribution in [0.3, 0.4) is 0 Å². The molecular weight excluding hydrogens is 382 g/mol. The molecule has 7 heteroatoms. The minimum Gasteiger partial charge on any atom is -0.497 e. The van der Waals surface area contributed by atoms with E-state index in [1.165, 1.54) is 16.2 Å². The number of rotatable bonds is 6. The number of fused-ring (bicyclic) bond motifs is 1. The Kier molecular flexibility index (Phi) is 5.99. The number of hydrogen-bond acceptors (Lipinski definition) is 4. The Morgan fingerprint density at radius 2 is 1.96 bits per heavy atom. The van der Waals surface area contributed by atoms with Gasteiger partial charge in [0.15, 0.2) is 5.13 Å². The van der Waals surface area contributed by atoms with Crippen LogP contribution in [0.5, 0.6) is 5.75 Å². The topological polar surface area (TPSA) is 46.9 Å². The Balaban J connectivity index is 1.99. The Labute approximate surface area is 168 Å². The average molecular weight is 405 g/mol. The van der Waals surface area contributed by atoms with E-state index in [0.29, 0.717) is 22.3 Å². The molecule has 27 heavy (non-hydrogen) atoms. The van der Waals surface area contributed by atoms with Crippen LogP contribution in [0.1, 0.15) is 15.9 Å². The van der Waals surface area contributed by atoms with Crippen LogP contribution in [0, 0.1) is 6.92 Å². The number of methoxy groups -OCH3 is 1. The van der Waals surface area contributed by atoms with Crippen molar-refractivity contribution < 1.29 is 14.4 Å². The fourth-order valence-electron chi connectivity index (χ4n) is 2.77. The van der Waals surface area contributed by atoms with Gasteiger partial charge in [0, 0.05) is 10.6 Å². The minimum absolute atomic E-state index is 0.0679. The molecule has 0 fully saturated rings. The number of aryl methyl sites for hydroxylation is 1. The van der Waals surface area contributed by atoms with Gasteiger partial charge in [0.25, 0.3) is 5.91 Å². The van der Waals surface area contributed by atoms with Gasteiger partial charge in [-0.25, -0.2) is 4.98 Å². The molecule has 0 aliphatic carbocycles. The molecule has 0 unspecified atom stereocenters. The number of halogens is 1. The smallest absolute Gasteiger partial charge is 0.260 e. The fraction of sp³-hybridized carbons (Fsp3) is 0.300. The van der Waals surface area contributed by atoms with Crippen molar-refractivity contribution in [1.29, 1.82) is 0 Å². The van der Waals surface area contributed by atoms with Crippen molar-refractivity contribution in [2.45, 2.75) is 6.92 Å². The highest BCUT2D eigenvalue weighted by atomic mass is 35.5. The third-order valence-electron chi connectivity index (χ3n) is 4.29. The maximum absolute atomic E-state index is 13.2. The predicted octanol–water partition coefficient (Wildman–Crippen LogP) is 3.06. The van der Waals surface area contributed by atoms with Crippen molar-refractivity contribution >= 4 is 44.2 Å². The fourth-order valence-corrected chi connectivity index (χ4v) is 4.21. The molecule has 0 saturated heterocycles. The molecule has 0 aliphatic rings. The monoisotopic (exact) mass is 404 g/mol. The number of quaternary nitrogens is 1. The third kappa shape index (κ3) is 4.40. The summed E-state index contributed by atoms with van der Waals surface area (Å²) in [5, 5.41) is 1.37. The van der Waals surface area contributed by atoms with Gasteiger partial charge in [-0.15, -0.1) is 0 Å². The molecule has 3 rings (SSSR count). The zero-order valence-electron chi connectivity index (χ0n) is 15.9. The molecule has 3 aromatic rings.